The van der Waals surface area contributed by atoms with Crippen molar-refractivity contribution in [3.05, 3.63) is 47.5 Å². The molecule has 2 aliphatic heterocycles. The average molecular weight is 477 g/mol. The number of ether oxygens (including phenoxy) is 1. The summed E-state index contributed by atoms with van der Waals surface area (Å²) in [4.78, 5) is 39.9. The van der Waals surface area contributed by atoms with Crippen molar-refractivity contribution in [3.8, 4) is 0 Å². The van der Waals surface area contributed by atoms with Gasteiger partial charge in [0.1, 0.15) is 5.65 Å². The highest BCUT2D eigenvalue weighted by Crippen LogP contribution is 2.29. The van der Waals surface area contributed by atoms with Gasteiger partial charge in [-0.05, 0) is 63.9 Å². The minimum absolute atomic E-state index is 0.0720. The number of carbonyl (C=O) groups is 2. The van der Waals surface area contributed by atoms with Crippen molar-refractivity contribution < 1.29 is 14.3 Å². The second kappa shape index (κ2) is 10.5. The third kappa shape index (κ3) is 5.68. The van der Waals surface area contributed by atoms with Crippen LogP contribution < -0.4 is 10.6 Å². The second-order valence-corrected chi connectivity index (χ2v) is 9.47. The van der Waals surface area contributed by atoms with E-state index in [9.17, 15) is 9.59 Å². The zero-order chi connectivity index (χ0) is 24.2. The van der Waals surface area contributed by atoms with E-state index in [-0.39, 0.29) is 11.8 Å². The van der Waals surface area contributed by atoms with E-state index in [1.165, 1.54) is 6.42 Å². The fourth-order valence-electron chi connectivity index (χ4n) is 4.83. The van der Waals surface area contributed by atoms with Gasteiger partial charge in [0.2, 0.25) is 5.91 Å². The minimum atomic E-state index is -0.269. The van der Waals surface area contributed by atoms with Crippen LogP contribution in [-0.2, 0) is 9.53 Å². The highest BCUT2D eigenvalue weighted by atomic mass is 16.5. The lowest BCUT2D eigenvalue weighted by Crippen LogP contribution is -2.36. The van der Waals surface area contributed by atoms with E-state index in [0.29, 0.717) is 35.1 Å². The fourth-order valence-corrected chi connectivity index (χ4v) is 4.83. The molecule has 5 rings (SSSR count). The number of aromatic amines is 1. The van der Waals surface area contributed by atoms with Gasteiger partial charge in [-0.3, -0.25) is 19.5 Å². The SMILES string of the molecule is Cc1ncc(NC(=O)CN2CCCCC2)cc1NC(=O)c1cnc2[nH]c(C3CCOCC3)cc2c1. The van der Waals surface area contributed by atoms with Gasteiger partial charge in [-0.15, -0.1) is 0 Å². The van der Waals surface area contributed by atoms with Gasteiger partial charge in [-0.25, -0.2) is 4.98 Å². The number of amides is 2. The van der Waals surface area contributed by atoms with Crippen molar-refractivity contribution in [1.82, 2.24) is 19.9 Å². The molecular weight excluding hydrogens is 444 g/mol. The van der Waals surface area contributed by atoms with Crippen LogP contribution in [0.4, 0.5) is 11.4 Å². The van der Waals surface area contributed by atoms with Gasteiger partial charge < -0.3 is 20.4 Å². The van der Waals surface area contributed by atoms with Gasteiger partial charge in [0.05, 0.1) is 35.4 Å². The number of rotatable bonds is 6. The molecule has 0 bridgehead atoms. The van der Waals surface area contributed by atoms with Crippen LogP contribution in [0.1, 0.15) is 59.8 Å². The molecule has 0 spiro atoms. The summed E-state index contributed by atoms with van der Waals surface area (Å²) in [5.41, 5.74) is 4.18. The minimum Gasteiger partial charge on any atom is -0.381 e. The van der Waals surface area contributed by atoms with E-state index in [0.717, 1.165) is 68.7 Å². The van der Waals surface area contributed by atoms with Gasteiger partial charge in [-0.1, -0.05) is 6.42 Å². The van der Waals surface area contributed by atoms with Gasteiger partial charge in [0.15, 0.2) is 0 Å². The smallest absolute Gasteiger partial charge is 0.257 e. The molecule has 0 radical (unpaired) electrons. The number of piperidine rings is 1. The molecule has 3 aromatic heterocycles. The molecule has 0 unspecified atom stereocenters. The van der Waals surface area contributed by atoms with Gasteiger partial charge in [-0.2, -0.15) is 0 Å². The Morgan fingerprint density at radius 3 is 2.66 bits per heavy atom. The molecule has 2 saturated heterocycles. The van der Waals surface area contributed by atoms with E-state index in [4.69, 9.17) is 4.74 Å². The van der Waals surface area contributed by atoms with Crippen molar-refractivity contribution in [1.29, 1.82) is 0 Å². The molecule has 184 valence electrons. The largest absolute Gasteiger partial charge is 0.381 e. The van der Waals surface area contributed by atoms with E-state index in [1.54, 1.807) is 18.5 Å². The van der Waals surface area contributed by atoms with Crippen LogP contribution in [0.15, 0.2) is 30.6 Å². The summed E-state index contributed by atoms with van der Waals surface area (Å²) in [7, 11) is 0. The number of H-pyrrole nitrogens is 1. The van der Waals surface area contributed by atoms with Crippen molar-refractivity contribution in [2.75, 3.05) is 43.5 Å². The topological polar surface area (TPSA) is 112 Å². The summed E-state index contributed by atoms with van der Waals surface area (Å²) >= 11 is 0. The monoisotopic (exact) mass is 476 g/mol. The Hall–Kier alpha value is -3.30. The van der Waals surface area contributed by atoms with Gasteiger partial charge in [0, 0.05) is 36.4 Å². The summed E-state index contributed by atoms with van der Waals surface area (Å²) in [6.45, 7) is 5.64. The maximum absolute atomic E-state index is 13.0. The quantitative estimate of drug-likeness (QED) is 0.498. The highest BCUT2D eigenvalue weighted by Gasteiger charge is 2.19. The third-order valence-corrected chi connectivity index (χ3v) is 6.85. The van der Waals surface area contributed by atoms with Crippen molar-refractivity contribution in [2.24, 2.45) is 0 Å². The number of likely N-dealkylation sites (tertiary alicyclic amines) is 1. The van der Waals surface area contributed by atoms with Crippen LogP contribution in [0, 0.1) is 6.92 Å². The van der Waals surface area contributed by atoms with E-state index >= 15 is 0 Å². The summed E-state index contributed by atoms with van der Waals surface area (Å²) in [6, 6.07) is 5.68. The van der Waals surface area contributed by atoms with Crippen LogP contribution in [0.2, 0.25) is 0 Å². The maximum atomic E-state index is 13.0. The Kier molecular flexibility index (Phi) is 7.06. The number of fused-ring (bicyclic) bond motifs is 1. The number of anilines is 2. The predicted molar refractivity (Wildman–Crippen MR) is 135 cm³/mol. The van der Waals surface area contributed by atoms with Crippen LogP contribution in [0.3, 0.4) is 0 Å². The Morgan fingerprint density at radius 1 is 1.06 bits per heavy atom. The highest BCUT2D eigenvalue weighted by molar-refractivity contribution is 6.06. The number of carbonyl (C=O) groups excluding carboxylic acids is 2. The molecular formula is C26H32N6O3. The number of hydrogen-bond donors (Lipinski definition) is 3. The first-order valence-corrected chi connectivity index (χ1v) is 12.4. The number of pyridine rings is 2. The number of aryl methyl sites for hydroxylation is 1. The van der Waals surface area contributed by atoms with Crippen LogP contribution in [-0.4, -0.2) is 64.5 Å². The summed E-state index contributed by atoms with van der Waals surface area (Å²) in [6.07, 6.45) is 8.66. The molecule has 2 amide bonds. The molecule has 0 aliphatic carbocycles. The lowest BCUT2D eigenvalue weighted by Gasteiger charge is -2.25. The number of hydrogen-bond acceptors (Lipinski definition) is 6. The predicted octanol–water partition coefficient (Wildman–Crippen LogP) is 3.84. The zero-order valence-electron chi connectivity index (χ0n) is 20.1. The van der Waals surface area contributed by atoms with Gasteiger partial charge in [0.25, 0.3) is 5.91 Å². The second-order valence-electron chi connectivity index (χ2n) is 9.47. The zero-order valence-corrected chi connectivity index (χ0v) is 20.1. The third-order valence-electron chi connectivity index (χ3n) is 6.85. The average Bonchev–Trinajstić information content (AvgIpc) is 3.31. The maximum Gasteiger partial charge on any atom is 0.257 e. The molecule has 35 heavy (non-hydrogen) atoms. The molecule has 2 fully saturated rings. The van der Waals surface area contributed by atoms with Crippen molar-refractivity contribution in [2.45, 2.75) is 44.9 Å². The van der Waals surface area contributed by atoms with E-state index in [2.05, 4.69) is 36.6 Å². The van der Waals surface area contributed by atoms with E-state index in [1.807, 2.05) is 13.0 Å². The Bertz CT molecular complexity index is 1210. The first-order valence-electron chi connectivity index (χ1n) is 12.4. The van der Waals surface area contributed by atoms with Crippen molar-refractivity contribution >= 4 is 34.2 Å². The first-order chi connectivity index (χ1) is 17.0. The Labute approximate surface area is 204 Å². The summed E-state index contributed by atoms with van der Waals surface area (Å²) in [5, 5.41) is 6.74. The molecule has 3 N–H and O–H groups in total. The molecule has 0 aromatic carbocycles. The molecule has 9 nitrogen and oxygen atoms in total. The normalized spacial score (nSPS) is 17.4. The number of aromatic nitrogens is 3. The Morgan fingerprint density at radius 2 is 1.86 bits per heavy atom. The van der Waals surface area contributed by atoms with E-state index < -0.39 is 0 Å². The molecule has 5 heterocycles. The van der Waals surface area contributed by atoms with Crippen LogP contribution >= 0.6 is 0 Å². The Balaban J connectivity index is 1.25. The van der Waals surface area contributed by atoms with Gasteiger partial charge >= 0.3 is 0 Å². The molecule has 0 saturated carbocycles. The lowest BCUT2D eigenvalue weighted by atomic mass is 9.97. The molecule has 9 heteroatoms. The van der Waals surface area contributed by atoms with Crippen LogP contribution in [0.25, 0.3) is 11.0 Å². The summed E-state index contributed by atoms with van der Waals surface area (Å²) in [5.74, 6) is 0.0870. The molecule has 2 aliphatic rings. The van der Waals surface area contributed by atoms with Crippen molar-refractivity contribution in [3.63, 3.8) is 0 Å². The molecule has 3 aromatic rings. The number of nitrogens with zero attached hydrogens (tertiary/aromatic N) is 3. The number of nitrogens with one attached hydrogen (secondary N) is 3. The van der Waals surface area contributed by atoms with Crippen LogP contribution in [0.5, 0.6) is 0 Å². The lowest BCUT2D eigenvalue weighted by molar-refractivity contribution is -0.117. The summed E-state index contributed by atoms with van der Waals surface area (Å²) < 4.78 is 5.46. The first kappa shape index (κ1) is 23.4. The fraction of sp³-hybridized carbons (Fsp3) is 0.462. The standard InChI is InChI=1S/C26H32N6O3/c1-17-22(13-21(15-27-17)29-24(33)16-32-7-3-2-4-8-32)31-26(34)20-11-19-12-23(30-25(19)28-14-20)18-5-9-35-10-6-18/h11-15,18H,2-10,16H2,1H3,(H,28,30)(H,29,33)(H,31,34). The molecule has 0 atom stereocenters.